The van der Waals surface area contributed by atoms with Gasteiger partial charge in [0.1, 0.15) is 0 Å². The maximum atomic E-state index is 12.5. The molecule has 1 fully saturated rings. The number of nitrogens with one attached hydrogen (secondary N) is 1. The summed E-state index contributed by atoms with van der Waals surface area (Å²) in [5.74, 6) is 0.107. The highest BCUT2D eigenvalue weighted by Crippen LogP contribution is 2.26. The largest absolute Gasteiger partial charge is 0.354 e. The van der Waals surface area contributed by atoms with Crippen LogP contribution in [-0.2, 0) is 17.6 Å². The molecule has 1 aromatic heterocycles. The first-order valence-corrected chi connectivity index (χ1v) is 8.14. The monoisotopic (exact) mass is 294 g/mol. The molecule has 2 rings (SSSR count). The van der Waals surface area contributed by atoms with Gasteiger partial charge in [-0.1, -0.05) is 20.3 Å². The maximum absolute atomic E-state index is 12.5. The van der Waals surface area contributed by atoms with E-state index in [2.05, 4.69) is 19.2 Å². The van der Waals surface area contributed by atoms with E-state index in [1.54, 1.807) is 16.2 Å². The molecule has 0 spiro atoms. The summed E-state index contributed by atoms with van der Waals surface area (Å²) in [5, 5.41) is 2.80. The number of aryl methyl sites for hydroxylation is 2. The zero-order chi connectivity index (χ0) is 14.5. The van der Waals surface area contributed by atoms with E-state index in [4.69, 9.17) is 0 Å². The second kappa shape index (κ2) is 6.88. The first kappa shape index (κ1) is 15.0. The van der Waals surface area contributed by atoms with E-state index in [-0.39, 0.29) is 11.8 Å². The van der Waals surface area contributed by atoms with Crippen LogP contribution in [0.2, 0.25) is 0 Å². The van der Waals surface area contributed by atoms with E-state index in [1.165, 1.54) is 10.4 Å². The Hall–Kier alpha value is -1.36. The normalized spacial score (nSPS) is 15.9. The molecule has 110 valence electrons. The van der Waals surface area contributed by atoms with Crippen molar-refractivity contribution < 1.29 is 9.59 Å². The van der Waals surface area contributed by atoms with Crippen molar-refractivity contribution in [1.29, 1.82) is 0 Å². The molecule has 1 aliphatic heterocycles. The van der Waals surface area contributed by atoms with Crippen molar-refractivity contribution in [1.82, 2.24) is 10.2 Å². The Balaban J connectivity index is 2.13. The zero-order valence-corrected chi connectivity index (χ0v) is 13.0. The van der Waals surface area contributed by atoms with Gasteiger partial charge in [-0.2, -0.15) is 0 Å². The third-order valence-corrected chi connectivity index (χ3v) is 4.79. The van der Waals surface area contributed by atoms with E-state index < -0.39 is 0 Å². The van der Waals surface area contributed by atoms with Gasteiger partial charge in [0.15, 0.2) is 0 Å². The molecule has 4 nitrogen and oxygen atoms in total. The summed E-state index contributed by atoms with van der Waals surface area (Å²) < 4.78 is 0. The Labute approximate surface area is 124 Å². The van der Waals surface area contributed by atoms with Crippen molar-refractivity contribution in [3.8, 4) is 0 Å². The van der Waals surface area contributed by atoms with Crippen LogP contribution < -0.4 is 5.32 Å². The van der Waals surface area contributed by atoms with Crippen molar-refractivity contribution in [2.45, 2.75) is 39.5 Å². The third-order valence-electron chi connectivity index (χ3n) is 3.57. The van der Waals surface area contributed by atoms with E-state index in [0.29, 0.717) is 26.1 Å². The number of carbonyl (C=O) groups excluding carboxylic acids is 2. The summed E-state index contributed by atoms with van der Waals surface area (Å²) in [6.45, 7) is 5.97. The average Bonchev–Trinajstić information content (AvgIpc) is 2.72. The van der Waals surface area contributed by atoms with Crippen LogP contribution in [0.25, 0.3) is 0 Å². The summed E-state index contributed by atoms with van der Waals surface area (Å²) in [7, 11) is 0. The fourth-order valence-corrected chi connectivity index (χ4v) is 3.76. The molecule has 0 bridgehead atoms. The Kier molecular flexibility index (Phi) is 5.17. The van der Waals surface area contributed by atoms with Crippen LogP contribution >= 0.6 is 11.3 Å². The van der Waals surface area contributed by atoms with Gasteiger partial charge in [0.2, 0.25) is 5.91 Å². The van der Waals surface area contributed by atoms with Crippen molar-refractivity contribution in [3.05, 3.63) is 21.4 Å². The first-order chi connectivity index (χ1) is 9.65. The minimum absolute atomic E-state index is 0.0346. The number of thiophene rings is 1. The second-order valence-electron chi connectivity index (χ2n) is 5.05. The molecule has 0 atom stereocenters. The van der Waals surface area contributed by atoms with Gasteiger partial charge in [0.05, 0.1) is 4.88 Å². The van der Waals surface area contributed by atoms with E-state index in [0.717, 1.165) is 24.1 Å². The Morgan fingerprint density at radius 2 is 2.20 bits per heavy atom. The highest BCUT2D eigenvalue weighted by molar-refractivity contribution is 7.14. The molecule has 5 heteroatoms. The highest BCUT2D eigenvalue weighted by Gasteiger charge is 2.22. The van der Waals surface area contributed by atoms with Gasteiger partial charge in [-0.3, -0.25) is 9.59 Å². The molecule has 0 saturated carbocycles. The summed E-state index contributed by atoms with van der Waals surface area (Å²) in [6, 6.07) is 2.04. The van der Waals surface area contributed by atoms with Crippen molar-refractivity contribution in [2.24, 2.45) is 0 Å². The van der Waals surface area contributed by atoms with Gasteiger partial charge >= 0.3 is 0 Å². The summed E-state index contributed by atoms with van der Waals surface area (Å²) >= 11 is 1.62. The minimum atomic E-state index is 0.0346. The third kappa shape index (κ3) is 3.39. The predicted molar refractivity (Wildman–Crippen MR) is 81.2 cm³/mol. The van der Waals surface area contributed by atoms with E-state index in [9.17, 15) is 9.59 Å². The van der Waals surface area contributed by atoms with Crippen LogP contribution in [-0.4, -0.2) is 36.3 Å². The lowest BCUT2D eigenvalue weighted by molar-refractivity contribution is -0.120. The first-order valence-electron chi connectivity index (χ1n) is 7.33. The summed E-state index contributed by atoms with van der Waals surface area (Å²) in [5.41, 5.74) is 1.30. The van der Waals surface area contributed by atoms with E-state index >= 15 is 0 Å². The van der Waals surface area contributed by atoms with Gasteiger partial charge in [-0.15, -0.1) is 11.3 Å². The Morgan fingerprint density at radius 1 is 1.40 bits per heavy atom. The lowest BCUT2D eigenvalue weighted by atomic mass is 10.1. The molecule has 20 heavy (non-hydrogen) atoms. The fourth-order valence-electron chi connectivity index (χ4n) is 2.44. The van der Waals surface area contributed by atoms with Gasteiger partial charge < -0.3 is 10.2 Å². The van der Waals surface area contributed by atoms with Crippen molar-refractivity contribution >= 4 is 23.2 Å². The van der Waals surface area contributed by atoms with Gasteiger partial charge in [-0.05, 0) is 24.5 Å². The van der Waals surface area contributed by atoms with Crippen LogP contribution in [0.4, 0.5) is 0 Å². The molecular weight excluding hydrogens is 272 g/mol. The number of hydrogen-bond donors (Lipinski definition) is 1. The number of nitrogens with zero attached hydrogens (tertiary/aromatic N) is 1. The molecule has 1 saturated heterocycles. The average molecular weight is 294 g/mol. The summed E-state index contributed by atoms with van der Waals surface area (Å²) in [6.07, 6.45) is 3.52. The predicted octanol–water partition coefficient (Wildman–Crippen LogP) is 2.23. The molecule has 0 unspecified atom stereocenters. The summed E-state index contributed by atoms with van der Waals surface area (Å²) in [4.78, 5) is 27.8. The molecule has 0 radical (unpaired) electrons. The SMILES string of the molecule is CCCc1sc(C(=O)N2CCNC(=O)CC2)cc1CC. The lowest BCUT2D eigenvalue weighted by Gasteiger charge is -2.18. The molecule has 2 heterocycles. The van der Waals surface area contributed by atoms with Crippen molar-refractivity contribution in [2.75, 3.05) is 19.6 Å². The standard InChI is InChI=1S/C15H22N2O2S/c1-3-5-12-11(4-2)10-13(20-12)15(19)17-8-6-14(18)16-7-9-17/h10H,3-9H2,1-2H3,(H,16,18). The van der Waals surface area contributed by atoms with Crippen LogP contribution in [0.1, 0.15) is 46.8 Å². The molecule has 1 N–H and O–H groups in total. The second-order valence-corrected chi connectivity index (χ2v) is 6.19. The number of carbonyl (C=O) groups is 2. The van der Waals surface area contributed by atoms with Crippen molar-refractivity contribution in [3.63, 3.8) is 0 Å². The van der Waals surface area contributed by atoms with Crippen LogP contribution in [0, 0.1) is 0 Å². The molecule has 0 aliphatic carbocycles. The Bertz CT molecular complexity index is 496. The van der Waals surface area contributed by atoms with Crippen LogP contribution in [0.5, 0.6) is 0 Å². The van der Waals surface area contributed by atoms with Gasteiger partial charge in [0, 0.05) is 30.9 Å². The van der Waals surface area contributed by atoms with Crippen LogP contribution in [0.3, 0.4) is 0 Å². The van der Waals surface area contributed by atoms with Gasteiger partial charge in [-0.25, -0.2) is 0 Å². The number of hydrogen-bond acceptors (Lipinski definition) is 3. The molecular formula is C15H22N2O2S. The molecule has 0 aromatic carbocycles. The van der Waals surface area contributed by atoms with Gasteiger partial charge in [0.25, 0.3) is 5.91 Å². The number of rotatable bonds is 4. The Morgan fingerprint density at radius 3 is 2.90 bits per heavy atom. The fraction of sp³-hybridized carbons (Fsp3) is 0.600. The van der Waals surface area contributed by atoms with Crippen LogP contribution in [0.15, 0.2) is 6.07 Å². The highest BCUT2D eigenvalue weighted by atomic mass is 32.1. The quantitative estimate of drug-likeness (QED) is 0.925. The number of amides is 2. The topological polar surface area (TPSA) is 49.4 Å². The smallest absolute Gasteiger partial charge is 0.264 e. The van der Waals surface area contributed by atoms with E-state index in [1.807, 2.05) is 6.07 Å². The lowest BCUT2D eigenvalue weighted by Crippen LogP contribution is -2.33. The zero-order valence-electron chi connectivity index (χ0n) is 12.2. The molecule has 1 aliphatic rings. The molecule has 2 amide bonds. The molecule has 1 aromatic rings. The minimum Gasteiger partial charge on any atom is -0.354 e. The maximum Gasteiger partial charge on any atom is 0.264 e.